The van der Waals surface area contributed by atoms with Crippen molar-refractivity contribution in [3.8, 4) is 11.5 Å². The number of anilines is 1. The van der Waals surface area contributed by atoms with Gasteiger partial charge >= 0.3 is 0 Å². The number of rotatable bonds is 8. The minimum Gasteiger partial charge on any atom is -0.497 e. The van der Waals surface area contributed by atoms with Crippen molar-refractivity contribution in [2.75, 3.05) is 25.2 Å². The van der Waals surface area contributed by atoms with Crippen LogP contribution in [-0.4, -0.2) is 46.9 Å². The van der Waals surface area contributed by atoms with E-state index in [9.17, 15) is 9.90 Å². The van der Waals surface area contributed by atoms with Gasteiger partial charge in [0, 0.05) is 30.6 Å². The number of nitrogens with zero attached hydrogens (tertiary/aromatic N) is 3. The molecule has 1 fully saturated rings. The van der Waals surface area contributed by atoms with Crippen molar-refractivity contribution in [3.63, 3.8) is 0 Å². The Hall–Kier alpha value is -3.84. The van der Waals surface area contributed by atoms with E-state index in [1.165, 1.54) is 0 Å². The Balaban J connectivity index is 1.39. The molecule has 2 atom stereocenters. The molecule has 2 heterocycles. The van der Waals surface area contributed by atoms with Crippen molar-refractivity contribution in [2.24, 2.45) is 0 Å². The fraction of sp³-hybridized carbons (Fsp3) is 0.286. The maximum atomic E-state index is 13.0. The minimum atomic E-state index is -0.738. The summed E-state index contributed by atoms with van der Waals surface area (Å²) in [6, 6.07) is 23.2. The number of fused-ring (bicyclic) bond motifs is 1. The number of ether oxygens (including phenoxy) is 2. The zero-order valence-corrected chi connectivity index (χ0v) is 19.9. The Morgan fingerprint density at radius 2 is 1.89 bits per heavy atom. The number of para-hydroxylation sites is 3. The van der Waals surface area contributed by atoms with Crippen LogP contribution < -0.4 is 14.4 Å². The SMILES string of the molecule is COc1cccc(N2C[C@@H](c3nc4ccccc4n3C[C@@H](O)COc3ccccc3C)CC2=O)c1. The summed E-state index contributed by atoms with van der Waals surface area (Å²) in [5.41, 5.74) is 3.62. The quantitative estimate of drug-likeness (QED) is 0.414. The Morgan fingerprint density at radius 3 is 2.71 bits per heavy atom. The van der Waals surface area contributed by atoms with Crippen LogP contribution in [-0.2, 0) is 11.3 Å². The molecule has 1 N–H and O–H groups in total. The zero-order chi connectivity index (χ0) is 24.4. The molecule has 180 valence electrons. The van der Waals surface area contributed by atoms with Gasteiger partial charge in [0.05, 0.1) is 24.7 Å². The smallest absolute Gasteiger partial charge is 0.227 e. The van der Waals surface area contributed by atoms with Crippen LogP contribution in [0.15, 0.2) is 72.8 Å². The van der Waals surface area contributed by atoms with E-state index in [0.717, 1.165) is 33.9 Å². The number of carbonyl (C=O) groups is 1. The molecule has 7 nitrogen and oxygen atoms in total. The number of methoxy groups -OCH3 is 1. The first-order chi connectivity index (χ1) is 17.0. The number of aliphatic hydroxyl groups excluding tert-OH is 1. The van der Waals surface area contributed by atoms with Crippen molar-refractivity contribution >= 4 is 22.6 Å². The van der Waals surface area contributed by atoms with E-state index in [2.05, 4.69) is 0 Å². The van der Waals surface area contributed by atoms with Gasteiger partial charge in [-0.3, -0.25) is 4.79 Å². The molecular formula is C28H29N3O4. The molecule has 1 aliphatic heterocycles. The van der Waals surface area contributed by atoms with Crippen molar-refractivity contribution in [1.29, 1.82) is 0 Å². The largest absolute Gasteiger partial charge is 0.497 e. The predicted octanol–water partition coefficient (Wildman–Crippen LogP) is 4.31. The second-order valence-corrected chi connectivity index (χ2v) is 8.91. The van der Waals surface area contributed by atoms with Crippen molar-refractivity contribution in [1.82, 2.24) is 9.55 Å². The lowest BCUT2D eigenvalue weighted by atomic mass is 10.1. The molecule has 0 saturated carbocycles. The first-order valence-electron chi connectivity index (χ1n) is 11.8. The Bertz CT molecular complexity index is 1350. The fourth-order valence-electron chi connectivity index (χ4n) is 4.67. The normalized spacial score (nSPS) is 16.6. The van der Waals surface area contributed by atoms with E-state index in [4.69, 9.17) is 14.5 Å². The summed E-state index contributed by atoms with van der Waals surface area (Å²) in [4.78, 5) is 19.6. The fourth-order valence-corrected chi connectivity index (χ4v) is 4.67. The topological polar surface area (TPSA) is 76.8 Å². The van der Waals surface area contributed by atoms with Gasteiger partial charge in [-0.1, -0.05) is 36.4 Å². The third kappa shape index (κ3) is 4.72. The van der Waals surface area contributed by atoms with Gasteiger partial charge in [-0.05, 0) is 42.8 Å². The lowest BCUT2D eigenvalue weighted by molar-refractivity contribution is -0.117. The molecule has 1 saturated heterocycles. The van der Waals surface area contributed by atoms with Gasteiger partial charge in [0.2, 0.25) is 5.91 Å². The summed E-state index contributed by atoms with van der Waals surface area (Å²) in [5, 5.41) is 10.9. The third-order valence-electron chi connectivity index (χ3n) is 6.46. The van der Waals surface area contributed by atoms with Crippen LogP contribution >= 0.6 is 0 Å². The van der Waals surface area contributed by atoms with Gasteiger partial charge < -0.3 is 24.0 Å². The highest BCUT2D eigenvalue weighted by atomic mass is 16.5. The van der Waals surface area contributed by atoms with Crippen LogP contribution in [0.2, 0.25) is 0 Å². The van der Waals surface area contributed by atoms with Crippen LogP contribution in [0.25, 0.3) is 11.0 Å². The van der Waals surface area contributed by atoms with E-state index >= 15 is 0 Å². The van der Waals surface area contributed by atoms with Gasteiger partial charge in [-0.2, -0.15) is 0 Å². The lowest BCUT2D eigenvalue weighted by Crippen LogP contribution is -2.26. The van der Waals surface area contributed by atoms with Crippen LogP contribution in [0.3, 0.4) is 0 Å². The second kappa shape index (κ2) is 9.80. The molecule has 7 heteroatoms. The van der Waals surface area contributed by atoms with Crippen LogP contribution in [0.5, 0.6) is 11.5 Å². The van der Waals surface area contributed by atoms with Crippen molar-refractivity contribution in [2.45, 2.75) is 31.9 Å². The van der Waals surface area contributed by atoms with Crippen molar-refractivity contribution < 1.29 is 19.4 Å². The maximum absolute atomic E-state index is 13.0. The van der Waals surface area contributed by atoms with E-state index in [1.54, 1.807) is 12.0 Å². The number of aromatic nitrogens is 2. The van der Waals surface area contributed by atoms with Gasteiger partial charge in [-0.15, -0.1) is 0 Å². The van der Waals surface area contributed by atoms with E-state index in [-0.39, 0.29) is 18.4 Å². The number of imidazole rings is 1. The molecule has 4 aromatic rings. The monoisotopic (exact) mass is 471 g/mol. The highest BCUT2D eigenvalue weighted by Gasteiger charge is 2.35. The molecule has 35 heavy (non-hydrogen) atoms. The molecule has 0 spiro atoms. The lowest BCUT2D eigenvalue weighted by Gasteiger charge is -2.19. The summed E-state index contributed by atoms with van der Waals surface area (Å²) in [7, 11) is 1.62. The number of carbonyl (C=O) groups excluding carboxylic acids is 1. The molecule has 0 unspecified atom stereocenters. The Labute approximate surface area is 204 Å². The van der Waals surface area contributed by atoms with Gasteiger partial charge in [0.15, 0.2) is 0 Å². The molecular weight excluding hydrogens is 442 g/mol. The van der Waals surface area contributed by atoms with E-state index in [0.29, 0.717) is 25.3 Å². The van der Waals surface area contributed by atoms with Crippen LogP contribution in [0.1, 0.15) is 23.7 Å². The van der Waals surface area contributed by atoms with Gasteiger partial charge in [0.25, 0.3) is 0 Å². The summed E-state index contributed by atoms with van der Waals surface area (Å²) >= 11 is 0. The number of amides is 1. The van der Waals surface area contributed by atoms with E-state index < -0.39 is 6.10 Å². The van der Waals surface area contributed by atoms with Crippen molar-refractivity contribution in [3.05, 3.63) is 84.2 Å². The summed E-state index contributed by atoms with van der Waals surface area (Å²) < 4.78 is 13.2. The first kappa shape index (κ1) is 22.9. The molecule has 1 aromatic heterocycles. The van der Waals surface area contributed by atoms with Gasteiger partial charge in [0.1, 0.15) is 30.0 Å². The van der Waals surface area contributed by atoms with Crippen LogP contribution in [0, 0.1) is 6.92 Å². The number of benzene rings is 3. The second-order valence-electron chi connectivity index (χ2n) is 8.91. The number of hydrogen-bond donors (Lipinski definition) is 1. The molecule has 0 bridgehead atoms. The highest BCUT2D eigenvalue weighted by molar-refractivity contribution is 5.96. The summed E-state index contributed by atoms with van der Waals surface area (Å²) in [6.07, 6.45) is -0.381. The molecule has 0 aliphatic carbocycles. The summed E-state index contributed by atoms with van der Waals surface area (Å²) in [6.45, 7) is 2.99. The highest BCUT2D eigenvalue weighted by Crippen LogP contribution is 2.34. The van der Waals surface area contributed by atoms with E-state index in [1.807, 2.05) is 84.3 Å². The molecule has 0 radical (unpaired) electrons. The Kier molecular flexibility index (Phi) is 6.42. The molecule has 1 aliphatic rings. The summed E-state index contributed by atoms with van der Waals surface area (Å²) in [5.74, 6) is 2.23. The average molecular weight is 472 g/mol. The van der Waals surface area contributed by atoms with Crippen LogP contribution in [0.4, 0.5) is 5.69 Å². The number of hydrogen-bond acceptors (Lipinski definition) is 5. The standard InChI is InChI=1S/C28H29N3O4/c1-19-8-3-6-13-26(19)35-18-22(32)17-31-25-12-5-4-11-24(25)29-28(31)20-14-27(33)30(16-20)21-9-7-10-23(15-21)34-2/h3-13,15,20,22,32H,14,16-18H2,1-2H3/t20-,22+/m0/s1. The maximum Gasteiger partial charge on any atom is 0.227 e. The predicted molar refractivity (Wildman–Crippen MR) is 135 cm³/mol. The minimum absolute atomic E-state index is 0.0466. The van der Waals surface area contributed by atoms with Gasteiger partial charge in [-0.25, -0.2) is 4.98 Å². The molecule has 5 rings (SSSR count). The Morgan fingerprint density at radius 1 is 1.09 bits per heavy atom. The molecule has 1 amide bonds. The number of aliphatic hydroxyl groups is 1. The first-order valence-corrected chi connectivity index (χ1v) is 11.8. The third-order valence-corrected chi connectivity index (χ3v) is 6.46. The molecule has 3 aromatic carbocycles. The zero-order valence-electron chi connectivity index (χ0n) is 19.9. The number of aryl methyl sites for hydroxylation is 1. The average Bonchev–Trinajstić information content (AvgIpc) is 3.44.